The molecule has 0 aliphatic rings. The molecule has 4 rings (SSSR count). The molecule has 142 valence electrons. The molecular formula is C19H16ClN5O3. The monoisotopic (exact) mass is 397 g/mol. The predicted octanol–water partition coefficient (Wildman–Crippen LogP) is 1.87. The molecule has 0 bridgehead atoms. The van der Waals surface area contributed by atoms with Gasteiger partial charge in [-0.05, 0) is 12.1 Å². The summed E-state index contributed by atoms with van der Waals surface area (Å²) in [6.07, 6.45) is 2.53. The van der Waals surface area contributed by atoms with E-state index in [-0.39, 0.29) is 11.6 Å². The van der Waals surface area contributed by atoms with E-state index < -0.39 is 5.56 Å². The first kappa shape index (κ1) is 18.0. The Kier molecular flexibility index (Phi) is 4.08. The van der Waals surface area contributed by atoms with E-state index in [1.807, 2.05) is 0 Å². The summed E-state index contributed by atoms with van der Waals surface area (Å²) < 4.78 is 3.46. The molecule has 4 aromatic rings. The lowest BCUT2D eigenvalue weighted by molar-refractivity contribution is -0.605. The molecule has 1 amide bonds. The molecule has 1 aromatic carbocycles. The van der Waals surface area contributed by atoms with Crippen LogP contribution in [0.1, 0.15) is 10.5 Å². The smallest absolute Gasteiger partial charge is 0.296 e. The van der Waals surface area contributed by atoms with Gasteiger partial charge in [-0.3, -0.25) is 9.59 Å². The summed E-state index contributed by atoms with van der Waals surface area (Å²) in [5, 5.41) is 17.4. The number of benzene rings is 1. The van der Waals surface area contributed by atoms with Crippen molar-refractivity contribution in [1.29, 1.82) is 0 Å². The third-order valence-electron chi connectivity index (χ3n) is 4.63. The number of amides is 1. The molecule has 8 nitrogen and oxygen atoms in total. The van der Waals surface area contributed by atoms with E-state index in [2.05, 4.69) is 5.10 Å². The fourth-order valence-corrected chi connectivity index (χ4v) is 3.44. The van der Waals surface area contributed by atoms with Crippen LogP contribution in [0.2, 0.25) is 5.02 Å². The second-order valence-corrected chi connectivity index (χ2v) is 7.06. The second kappa shape index (κ2) is 6.35. The minimum atomic E-state index is -0.399. The molecule has 0 fully saturated rings. The predicted molar refractivity (Wildman–Crippen MR) is 106 cm³/mol. The molecule has 0 saturated carbocycles. The maximum absolute atomic E-state index is 13.3. The molecule has 3 heterocycles. The number of fused-ring (bicyclic) bond motifs is 3. The summed E-state index contributed by atoms with van der Waals surface area (Å²) in [7, 11) is 4.99. The highest BCUT2D eigenvalue weighted by molar-refractivity contribution is 6.31. The quantitative estimate of drug-likeness (QED) is 0.381. The lowest BCUT2D eigenvalue weighted by atomic mass is 10.1. The fourth-order valence-electron chi connectivity index (χ4n) is 3.28. The summed E-state index contributed by atoms with van der Waals surface area (Å²) in [5.41, 5.74) is 1.18. The molecule has 0 aliphatic heterocycles. The Balaban J connectivity index is 2.20. The SMILES string of the molecule is CN(C)C(=O)c1nn(-c2cc[n+]([O-])cc2)c(=O)c2c1c1ccc(Cl)cc1n2C. The fraction of sp³-hybridized carbons (Fsp3) is 0.158. The van der Waals surface area contributed by atoms with Gasteiger partial charge in [0, 0.05) is 49.1 Å². The summed E-state index contributed by atoms with van der Waals surface area (Å²) >= 11 is 6.13. The van der Waals surface area contributed by atoms with Gasteiger partial charge in [-0.1, -0.05) is 17.7 Å². The van der Waals surface area contributed by atoms with Gasteiger partial charge in [-0.25, -0.2) is 0 Å². The summed E-state index contributed by atoms with van der Waals surface area (Å²) in [5.74, 6) is -0.337. The van der Waals surface area contributed by atoms with Crippen molar-refractivity contribution in [3.63, 3.8) is 0 Å². The zero-order valence-electron chi connectivity index (χ0n) is 15.4. The normalized spacial score (nSPS) is 11.3. The Morgan fingerprint density at radius 2 is 1.89 bits per heavy atom. The van der Waals surface area contributed by atoms with Gasteiger partial charge in [0.15, 0.2) is 18.1 Å². The van der Waals surface area contributed by atoms with Crippen LogP contribution in [-0.2, 0) is 7.05 Å². The lowest BCUT2D eigenvalue weighted by Gasteiger charge is -2.13. The molecule has 0 atom stereocenters. The molecule has 0 aliphatic carbocycles. The van der Waals surface area contributed by atoms with Gasteiger partial charge < -0.3 is 14.7 Å². The Bertz CT molecular complexity index is 1310. The van der Waals surface area contributed by atoms with Gasteiger partial charge in [-0.2, -0.15) is 14.5 Å². The Morgan fingerprint density at radius 3 is 2.54 bits per heavy atom. The van der Waals surface area contributed by atoms with Crippen LogP contribution >= 0.6 is 11.6 Å². The van der Waals surface area contributed by atoms with Crippen LogP contribution in [0.25, 0.3) is 27.5 Å². The van der Waals surface area contributed by atoms with Crippen molar-refractivity contribution in [3.05, 3.63) is 69.0 Å². The minimum absolute atomic E-state index is 0.145. The number of hydrogen-bond donors (Lipinski definition) is 0. The number of carbonyl (C=O) groups is 1. The van der Waals surface area contributed by atoms with Crippen molar-refractivity contribution in [2.45, 2.75) is 0 Å². The van der Waals surface area contributed by atoms with Crippen molar-refractivity contribution < 1.29 is 9.52 Å². The molecule has 28 heavy (non-hydrogen) atoms. The van der Waals surface area contributed by atoms with Gasteiger partial charge in [0.25, 0.3) is 11.5 Å². The highest BCUT2D eigenvalue weighted by Crippen LogP contribution is 2.30. The number of hydrogen-bond acceptors (Lipinski definition) is 4. The zero-order valence-corrected chi connectivity index (χ0v) is 16.1. The van der Waals surface area contributed by atoms with Gasteiger partial charge in [0.05, 0.1) is 11.2 Å². The van der Waals surface area contributed by atoms with Crippen molar-refractivity contribution in [2.24, 2.45) is 7.05 Å². The van der Waals surface area contributed by atoms with E-state index in [1.165, 1.54) is 29.4 Å². The summed E-state index contributed by atoms with van der Waals surface area (Å²) in [6, 6.07) is 8.17. The van der Waals surface area contributed by atoms with Crippen LogP contribution < -0.4 is 10.3 Å². The Morgan fingerprint density at radius 1 is 1.21 bits per heavy atom. The van der Waals surface area contributed by atoms with Crippen LogP contribution in [0, 0.1) is 5.21 Å². The molecule has 0 spiro atoms. The maximum atomic E-state index is 13.3. The third kappa shape index (κ3) is 2.61. The van der Waals surface area contributed by atoms with E-state index in [1.54, 1.807) is 43.9 Å². The number of pyridine rings is 1. The number of nitrogens with zero attached hydrogens (tertiary/aromatic N) is 5. The number of carbonyl (C=O) groups excluding carboxylic acids is 1. The largest absolute Gasteiger partial charge is 0.619 e. The zero-order chi connectivity index (χ0) is 20.2. The van der Waals surface area contributed by atoms with Crippen molar-refractivity contribution in [3.8, 4) is 5.69 Å². The van der Waals surface area contributed by atoms with Crippen LogP contribution in [0.4, 0.5) is 0 Å². The van der Waals surface area contributed by atoms with Crippen LogP contribution in [-0.4, -0.2) is 39.3 Å². The summed E-state index contributed by atoms with van der Waals surface area (Å²) in [4.78, 5) is 27.6. The highest BCUT2D eigenvalue weighted by atomic mass is 35.5. The first-order chi connectivity index (χ1) is 13.3. The van der Waals surface area contributed by atoms with E-state index in [9.17, 15) is 14.8 Å². The van der Waals surface area contributed by atoms with Crippen molar-refractivity contribution in [1.82, 2.24) is 19.2 Å². The molecule has 0 N–H and O–H groups in total. The molecule has 0 saturated heterocycles. The van der Waals surface area contributed by atoms with Crippen molar-refractivity contribution >= 4 is 39.3 Å². The standard InChI is InChI=1S/C19H16ClN5O3/c1-22(2)18(26)16-15-13-5-4-11(20)10-14(13)23(3)17(15)19(27)25(21-16)12-6-8-24(28)9-7-12/h4-10H,1-3H3. The van der Waals surface area contributed by atoms with Crippen molar-refractivity contribution in [2.75, 3.05) is 14.1 Å². The van der Waals surface area contributed by atoms with Gasteiger partial charge >= 0.3 is 0 Å². The minimum Gasteiger partial charge on any atom is -0.619 e. The number of rotatable bonds is 2. The maximum Gasteiger partial charge on any atom is 0.296 e. The average Bonchev–Trinajstić information content (AvgIpc) is 2.95. The first-order valence-corrected chi connectivity index (χ1v) is 8.79. The average molecular weight is 398 g/mol. The van der Waals surface area contributed by atoms with Gasteiger partial charge in [0.2, 0.25) is 0 Å². The van der Waals surface area contributed by atoms with E-state index in [0.29, 0.717) is 31.7 Å². The molecule has 0 unspecified atom stereocenters. The van der Waals surface area contributed by atoms with Crippen LogP contribution in [0.15, 0.2) is 47.5 Å². The highest BCUT2D eigenvalue weighted by Gasteiger charge is 2.24. The van der Waals surface area contributed by atoms with E-state index in [0.717, 1.165) is 10.2 Å². The van der Waals surface area contributed by atoms with Gasteiger partial charge in [-0.15, -0.1) is 0 Å². The second-order valence-electron chi connectivity index (χ2n) is 6.63. The van der Waals surface area contributed by atoms with E-state index in [4.69, 9.17) is 11.6 Å². The molecule has 9 heteroatoms. The third-order valence-corrected chi connectivity index (χ3v) is 4.87. The van der Waals surface area contributed by atoms with Gasteiger partial charge in [0.1, 0.15) is 5.52 Å². The van der Waals surface area contributed by atoms with E-state index >= 15 is 0 Å². The number of halogens is 1. The lowest BCUT2D eigenvalue weighted by Crippen LogP contribution is -2.31. The number of aryl methyl sites for hydroxylation is 1. The first-order valence-electron chi connectivity index (χ1n) is 8.41. The van der Waals surface area contributed by atoms with Crippen LogP contribution in [0.3, 0.4) is 0 Å². The molecule has 0 radical (unpaired) electrons. The molecule has 3 aromatic heterocycles. The topological polar surface area (TPSA) is 87.1 Å². The summed E-state index contributed by atoms with van der Waals surface area (Å²) in [6.45, 7) is 0. The Hall–Kier alpha value is -3.39. The number of aromatic nitrogens is 4. The molecular weight excluding hydrogens is 382 g/mol. The Labute approximate surface area is 164 Å². The van der Waals surface area contributed by atoms with Crippen LogP contribution in [0.5, 0.6) is 0 Å².